The fourth-order valence-corrected chi connectivity index (χ4v) is 6.50. The first-order valence-corrected chi connectivity index (χ1v) is 21.4. The van der Waals surface area contributed by atoms with Gasteiger partial charge in [0.05, 0.1) is 19.6 Å². The van der Waals surface area contributed by atoms with Crippen LogP contribution in [-0.2, 0) is 61.5 Å². The maximum absolute atomic E-state index is 11.2. The van der Waals surface area contributed by atoms with Crippen LogP contribution in [0.5, 0.6) is 0 Å². The Bertz CT molecular complexity index is 3120. The molecule has 0 amide bonds. The van der Waals surface area contributed by atoms with Gasteiger partial charge in [0.25, 0.3) is 0 Å². The molecule has 0 aliphatic carbocycles. The zero-order chi connectivity index (χ0) is 43.0. The molecule has 0 bridgehead atoms. The van der Waals surface area contributed by atoms with Crippen molar-refractivity contribution in [2.45, 2.75) is 19.6 Å². The predicted octanol–water partition coefficient (Wildman–Crippen LogP) is 2.52. The third-order valence-corrected chi connectivity index (χ3v) is 10.7. The fraction of sp³-hybridized carbons (Fsp3) is 0. The van der Waals surface area contributed by atoms with E-state index in [1.807, 2.05) is 0 Å². The van der Waals surface area contributed by atoms with Gasteiger partial charge in [-0.05, 0) is 24.3 Å². The van der Waals surface area contributed by atoms with E-state index in [9.17, 15) is 51.9 Å². The van der Waals surface area contributed by atoms with E-state index in [0.29, 0.717) is 23.9 Å². The van der Waals surface area contributed by atoms with Gasteiger partial charge in [0.15, 0.2) is 34.4 Å². The molecule has 8 rings (SSSR count). The van der Waals surface area contributed by atoms with Crippen LogP contribution >= 0.6 is 0 Å². The molecule has 0 atom stereocenters. The summed E-state index contributed by atoms with van der Waals surface area (Å²) in [5.41, 5.74) is 0.0867. The zero-order valence-electron chi connectivity index (χ0n) is 29.3. The van der Waals surface area contributed by atoms with Gasteiger partial charge < -0.3 is 35.9 Å². The second kappa shape index (κ2) is 17.0. The number of rotatable bonds is 10. The molecule has 0 aliphatic rings. The zero-order valence-corrected chi connectivity index (χ0v) is 34.8. The minimum Gasteiger partial charge on any atom is -0.744 e. The van der Waals surface area contributed by atoms with Crippen molar-refractivity contribution >= 4 is 40.5 Å². The van der Waals surface area contributed by atoms with Crippen LogP contribution in [0.4, 0.5) is 0 Å². The van der Waals surface area contributed by atoms with E-state index in [2.05, 4.69) is 40.3 Å². The molecule has 8 aromatic rings. The Morgan fingerprint density at radius 3 is 0.951 bits per heavy atom. The molecule has 0 radical (unpaired) electrons. The summed E-state index contributed by atoms with van der Waals surface area (Å²) in [7, 11) is -19.2. The first-order valence-electron chi connectivity index (χ1n) is 15.8. The summed E-state index contributed by atoms with van der Waals surface area (Å²) in [5.74, 6) is -0.713. The molecule has 0 saturated heterocycles. The third-order valence-electron chi connectivity index (χ3n) is 7.55. The molecule has 24 nitrogen and oxygen atoms in total. The Morgan fingerprint density at radius 2 is 0.705 bits per heavy atom. The molecule has 0 fully saturated rings. The van der Waals surface area contributed by atoms with Crippen LogP contribution in [0.1, 0.15) is 0 Å². The smallest absolute Gasteiger partial charge is 0.744 e. The minimum atomic E-state index is -4.81. The van der Waals surface area contributed by atoms with Crippen molar-refractivity contribution in [1.82, 2.24) is 40.3 Å². The van der Waals surface area contributed by atoms with Gasteiger partial charge in [0, 0.05) is 36.7 Å². The van der Waals surface area contributed by atoms with Crippen molar-refractivity contribution in [2.75, 3.05) is 0 Å². The number of pyridine rings is 2. The van der Waals surface area contributed by atoms with E-state index in [0.717, 1.165) is 36.8 Å². The topological polar surface area (TPSA) is 384 Å². The summed E-state index contributed by atoms with van der Waals surface area (Å²) < 4.78 is 155. The van der Waals surface area contributed by atoms with Gasteiger partial charge in [-0.15, -0.1) is 20.4 Å². The summed E-state index contributed by atoms with van der Waals surface area (Å²) >= 11 is 0. The molecule has 29 heteroatoms. The summed E-state index contributed by atoms with van der Waals surface area (Å²) in [4.78, 5) is 14.0. The Kier molecular flexibility index (Phi) is 12.4. The number of hydrogen-bond donors (Lipinski definition) is 0. The van der Waals surface area contributed by atoms with Gasteiger partial charge >= 0.3 is 21.1 Å². The van der Waals surface area contributed by atoms with Crippen LogP contribution in [0.15, 0.2) is 135 Å². The van der Waals surface area contributed by atoms with Crippen molar-refractivity contribution in [1.29, 1.82) is 0 Å². The van der Waals surface area contributed by atoms with Crippen LogP contribution in [0.2, 0.25) is 0 Å². The Labute approximate surface area is 356 Å². The van der Waals surface area contributed by atoms with E-state index < -0.39 is 60.1 Å². The van der Waals surface area contributed by atoms with E-state index in [1.165, 1.54) is 12.4 Å². The van der Waals surface area contributed by atoms with Crippen LogP contribution in [0.3, 0.4) is 0 Å². The third kappa shape index (κ3) is 10.0. The first kappa shape index (κ1) is 44.3. The fourth-order valence-electron chi connectivity index (χ4n) is 4.83. The second-order valence-corrected chi connectivity index (χ2v) is 17.0. The van der Waals surface area contributed by atoms with E-state index in [4.69, 9.17) is 17.7 Å². The molecule has 0 aliphatic heterocycles. The van der Waals surface area contributed by atoms with Crippen molar-refractivity contribution < 1.29 is 90.6 Å². The van der Waals surface area contributed by atoms with Crippen molar-refractivity contribution in [3.05, 3.63) is 98.1 Å². The molecule has 0 unspecified atom stereocenters. The van der Waals surface area contributed by atoms with Gasteiger partial charge in [-0.2, -0.15) is 0 Å². The Hall–Kier alpha value is -6.23. The van der Waals surface area contributed by atoms with Gasteiger partial charge in [0.2, 0.25) is 11.6 Å². The average molecular weight is 1090 g/mol. The van der Waals surface area contributed by atoms with Gasteiger partial charge in [-0.3, -0.25) is 9.97 Å². The summed E-state index contributed by atoms with van der Waals surface area (Å²) in [6.45, 7) is 0. The standard InChI is InChI=1S/2C16H10N4O8S2.Pt/c2*21-29(22,23)9-5-12(27-7-9)14-15(13-6-10(8-28-13)30(24,25)26)19-20-16(18-14)11-3-1-2-4-17-11;/h2*1-8H,(H,21,22,23)(H,24,25,26);/q;;+2/p-4. The molecule has 0 aromatic carbocycles. The average Bonchev–Trinajstić information content (AvgIpc) is 4.04. The number of hydrogen-bond acceptors (Lipinski definition) is 24. The predicted molar refractivity (Wildman–Crippen MR) is 189 cm³/mol. The Balaban J connectivity index is 0.000000201. The second-order valence-electron chi connectivity index (χ2n) is 11.5. The minimum absolute atomic E-state index is 0. The number of nitrogens with zero attached hydrogens (tertiary/aromatic N) is 8. The van der Waals surface area contributed by atoms with Crippen molar-refractivity contribution in [2.24, 2.45) is 0 Å². The molecule has 0 saturated carbocycles. The molecular weight excluding hydrogens is 1080 g/mol. The van der Waals surface area contributed by atoms with E-state index >= 15 is 0 Å². The maximum Gasteiger partial charge on any atom is 2.00 e. The quantitative estimate of drug-likeness (QED) is 0.178. The van der Waals surface area contributed by atoms with Crippen LogP contribution in [-0.4, -0.2) is 92.2 Å². The van der Waals surface area contributed by atoms with E-state index in [1.54, 1.807) is 36.4 Å². The van der Waals surface area contributed by atoms with Gasteiger partial charge in [-0.1, -0.05) is 12.1 Å². The first-order chi connectivity index (χ1) is 28.3. The van der Waals surface area contributed by atoms with E-state index in [-0.39, 0.29) is 78.5 Å². The number of aromatic nitrogens is 8. The molecule has 8 heterocycles. The largest absolute Gasteiger partial charge is 2.00 e. The van der Waals surface area contributed by atoms with Crippen molar-refractivity contribution in [3.8, 4) is 68.9 Å². The summed E-state index contributed by atoms with van der Waals surface area (Å²) in [6, 6.07) is 13.5. The Morgan fingerprint density at radius 1 is 0.410 bits per heavy atom. The molecule has 0 N–H and O–H groups in total. The molecular formula is C32H16N8O16PtS4-2. The van der Waals surface area contributed by atoms with Gasteiger partial charge in [-0.25, -0.2) is 43.6 Å². The van der Waals surface area contributed by atoms with Crippen LogP contribution in [0.25, 0.3) is 68.9 Å². The van der Waals surface area contributed by atoms with Crippen LogP contribution in [0, 0.1) is 0 Å². The normalized spacial score (nSPS) is 12.0. The number of furan rings is 4. The van der Waals surface area contributed by atoms with Crippen LogP contribution < -0.4 is 0 Å². The monoisotopic (exact) mass is 1090 g/mol. The SMILES string of the molecule is O=S(=O)([O-])c1coc(-c2nnc(-c3ccccn3)nc2-c2cc(S(=O)(=O)[O-])co2)c1.O=S(=O)([O-])c1coc(-c2nnc(-c3ccccn3)nc2-c2cc(S(=O)(=O)[O-])co2)c1.[Pt+2]. The molecule has 0 spiro atoms. The van der Waals surface area contributed by atoms with Gasteiger partial charge in [0.1, 0.15) is 88.3 Å². The summed E-state index contributed by atoms with van der Waals surface area (Å²) in [6.07, 6.45) is 5.84. The maximum atomic E-state index is 11.2. The molecule has 316 valence electrons. The molecule has 61 heavy (non-hydrogen) atoms. The van der Waals surface area contributed by atoms with Crippen molar-refractivity contribution in [3.63, 3.8) is 0 Å². The summed E-state index contributed by atoms with van der Waals surface area (Å²) in [5, 5.41) is 15.7. The molecule has 8 aromatic heterocycles.